The summed E-state index contributed by atoms with van der Waals surface area (Å²) in [6.45, 7) is 8.77. The summed E-state index contributed by atoms with van der Waals surface area (Å²) < 4.78 is 13.8. The molecule has 1 atom stereocenters. The van der Waals surface area contributed by atoms with Gasteiger partial charge < -0.3 is 5.32 Å². The number of benzene rings is 1. The first kappa shape index (κ1) is 14.2. The van der Waals surface area contributed by atoms with Gasteiger partial charge in [0, 0.05) is 4.88 Å². The highest BCUT2D eigenvalue weighted by Gasteiger charge is 2.18. The minimum absolute atomic E-state index is 0.0955. The van der Waals surface area contributed by atoms with Gasteiger partial charge in [0.25, 0.3) is 0 Å². The van der Waals surface area contributed by atoms with E-state index in [-0.39, 0.29) is 11.9 Å². The predicted octanol–water partition coefficient (Wildman–Crippen LogP) is 4.51. The van der Waals surface area contributed by atoms with Gasteiger partial charge in [0.15, 0.2) is 0 Å². The first-order chi connectivity index (χ1) is 9.04. The molecule has 0 saturated heterocycles. The normalized spacial score (nSPS) is 12.7. The lowest BCUT2D eigenvalue weighted by Gasteiger charge is -2.20. The van der Waals surface area contributed by atoms with E-state index in [0.29, 0.717) is 11.1 Å². The average Bonchev–Trinajstić information content (AvgIpc) is 2.78. The molecule has 1 unspecified atom stereocenters. The van der Waals surface area contributed by atoms with Gasteiger partial charge in [0.1, 0.15) is 5.82 Å². The van der Waals surface area contributed by atoms with Crippen molar-refractivity contribution >= 4 is 11.3 Å². The van der Waals surface area contributed by atoms with Crippen molar-refractivity contribution in [2.24, 2.45) is 0 Å². The topological polar surface area (TPSA) is 12.0 Å². The molecule has 1 aromatic carbocycles. The quantitative estimate of drug-likeness (QED) is 0.867. The van der Waals surface area contributed by atoms with Crippen LogP contribution in [0.2, 0.25) is 0 Å². The van der Waals surface area contributed by atoms with E-state index >= 15 is 0 Å². The third-order valence-electron chi connectivity index (χ3n) is 3.36. The van der Waals surface area contributed by atoms with Gasteiger partial charge in [-0.3, -0.25) is 0 Å². The first-order valence-electron chi connectivity index (χ1n) is 6.58. The fourth-order valence-electron chi connectivity index (χ4n) is 2.39. The van der Waals surface area contributed by atoms with Gasteiger partial charge in [-0.2, -0.15) is 0 Å². The van der Waals surface area contributed by atoms with Crippen LogP contribution < -0.4 is 5.32 Å². The van der Waals surface area contributed by atoms with E-state index in [4.69, 9.17) is 0 Å². The Kier molecular flexibility index (Phi) is 4.38. The maximum absolute atomic E-state index is 13.8. The maximum atomic E-state index is 13.8. The zero-order valence-corrected chi connectivity index (χ0v) is 12.7. The van der Waals surface area contributed by atoms with E-state index in [0.717, 1.165) is 12.1 Å². The fourth-order valence-corrected chi connectivity index (χ4v) is 3.42. The standard InChI is InChI=1S/C16H20FNS/c1-5-18-15(16-10(2)6-7-19-16)13-8-11(3)14(17)12(4)9-13/h6-9,15,18H,5H2,1-4H3. The highest BCUT2D eigenvalue weighted by atomic mass is 32.1. The highest BCUT2D eigenvalue weighted by molar-refractivity contribution is 7.10. The molecule has 0 aliphatic carbocycles. The van der Waals surface area contributed by atoms with Gasteiger partial charge >= 0.3 is 0 Å². The van der Waals surface area contributed by atoms with Gasteiger partial charge in [0.05, 0.1) is 6.04 Å². The molecule has 0 amide bonds. The summed E-state index contributed by atoms with van der Waals surface area (Å²) >= 11 is 1.75. The lowest BCUT2D eigenvalue weighted by molar-refractivity contribution is 0.600. The molecule has 2 rings (SSSR count). The predicted molar refractivity (Wildman–Crippen MR) is 80.4 cm³/mol. The lowest BCUT2D eigenvalue weighted by atomic mass is 9.98. The summed E-state index contributed by atoms with van der Waals surface area (Å²) in [6.07, 6.45) is 0. The molecule has 1 aromatic heterocycles. The van der Waals surface area contributed by atoms with Crippen LogP contribution in [0.15, 0.2) is 23.6 Å². The molecule has 0 radical (unpaired) electrons. The Bertz CT molecular complexity index is 551. The molecule has 0 aliphatic heterocycles. The number of hydrogen-bond acceptors (Lipinski definition) is 2. The van der Waals surface area contributed by atoms with E-state index < -0.39 is 0 Å². The number of halogens is 1. The van der Waals surface area contributed by atoms with E-state index in [1.165, 1.54) is 10.4 Å². The second kappa shape index (κ2) is 5.85. The molecule has 1 nitrogen and oxygen atoms in total. The zero-order chi connectivity index (χ0) is 14.0. The minimum Gasteiger partial charge on any atom is -0.306 e. The molecule has 0 saturated carbocycles. The van der Waals surface area contributed by atoms with Crippen molar-refractivity contribution < 1.29 is 4.39 Å². The molecular formula is C16H20FNS. The van der Waals surface area contributed by atoms with E-state index in [2.05, 4.69) is 30.6 Å². The van der Waals surface area contributed by atoms with Gasteiger partial charge in [-0.15, -0.1) is 11.3 Å². The van der Waals surface area contributed by atoms with Crippen molar-refractivity contribution in [2.45, 2.75) is 33.7 Å². The zero-order valence-electron chi connectivity index (χ0n) is 11.9. The Morgan fingerprint density at radius 1 is 1.16 bits per heavy atom. The van der Waals surface area contributed by atoms with Gasteiger partial charge in [-0.25, -0.2) is 4.39 Å². The SMILES string of the molecule is CCNC(c1cc(C)c(F)c(C)c1)c1sccc1C. The number of rotatable bonds is 4. The van der Waals surface area contributed by atoms with Gasteiger partial charge in [0.2, 0.25) is 0 Å². The molecule has 0 spiro atoms. The van der Waals surface area contributed by atoms with Crippen molar-refractivity contribution in [3.8, 4) is 0 Å². The second-order valence-electron chi connectivity index (χ2n) is 4.93. The van der Waals surface area contributed by atoms with Crippen LogP contribution in [0.3, 0.4) is 0 Å². The summed E-state index contributed by atoms with van der Waals surface area (Å²) in [5, 5.41) is 5.61. The molecule has 102 valence electrons. The molecule has 1 N–H and O–H groups in total. The van der Waals surface area contributed by atoms with Crippen molar-refractivity contribution in [2.75, 3.05) is 6.54 Å². The minimum atomic E-state index is -0.0955. The Morgan fingerprint density at radius 2 is 1.79 bits per heavy atom. The third-order valence-corrected chi connectivity index (χ3v) is 4.45. The maximum Gasteiger partial charge on any atom is 0.129 e. The monoisotopic (exact) mass is 277 g/mol. The van der Waals surface area contributed by atoms with Crippen molar-refractivity contribution in [1.29, 1.82) is 0 Å². The molecule has 1 heterocycles. The van der Waals surface area contributed by atoms with E-state index in [1.807, 2.05) is 26.0 Å². The van der Waals surface area contributed by atoms with Crippen LogP contribution in [0.4, 0.5) is 4.39 Å². The average molecular weight is 277 g/mol. The highest BCUT2D eigenvalue weighted by Crippen LogP contribution is 2.31. The largest absolute Gasteiger partial charge is 0.306 e. The summed E-state index contributed by atoms with van der Waals surface area (Å²) in [6, 6.07) is 6.19. The number of aryl methyl sites for hydroxylation is 3. The van der Waals surface area contributed by atoms with E-state index in [1.54, 1.807) is 11.3 Å². The van der Waals surface area contributed by atoms with Gasteiger partial charge in [-0.05, 0) is 61.0 Å². The van der Waals surface area contributed by atoms with Crippen LogP contribution in [-0.2, 0) is 0 Å². The van der Waals surface area contributed by atoms with Crippen molar-refractivity contribution in [1.82, 2.24) is 5.32 Å². The number of hydrogen-bond donors (Lipinski definition) is 1. The molecular weight excluding hydrogens is 257 g/mol. The summed E-state index contributed by atoms with van der Waals surface area (Å²) in [5.41, 5.74) is 3.86. The molecule has 0 bridgehead atoms. The van der Waals surface area contributed by atoms with Crippen molar-refractivity contribution in [3.63, 3.8) is 0 Å². The summed E-state index contributed by atoms with van der Waals surface area (Å²) in [7, 11) is 0. The van der Waals surface area contributed by atoms with Crippen molar-refractivity contribution in [3.05, 3.63) is 56.5 Å². The fraction of sp³-hybridized carbons (Fsp3) is 0.375. The molecule has 3 heteroatoms. The second-order valence-corrected chi connectivity index (χ2v) is 5.87. The third kappa shape index (κ3) is 2.88. The number of thiophene rings is 1. The van der Waals surface area contributed by atoms with Crippen LogP contribution in [0, 0.1) is 26.6 Å². The summed E-state index contributed by atoms with van der Waals surface area (Å²) in [4.78, 5) is 1.31. The Hall–Kier alpha value is -1.19. The molecule has 19 heavy (non-hydrogen) atoms. The van der Waals surface area contributed by atoms with Crippen LogP contribution in [0.25, 0.3) is 0 Å². The van der Waals surface area contributed by atoms with Crippen LogP contribution in [0.5, 0.6) is 0 Å². The van der Waals surface area contributed by atoms with Gasteiger partial charge in [-0.1, -0.05) is 19.1 Å². The van der Waals surface area contributed by atoms with Crippen LogP contribution in [0.1, 0.15) is 40.1 Å². The molecule has 2 aromatic rings. The molecule has 0 fully saturated rings. The Morgan fingerprint density at radius 3 is 2.26 bits per heavy atom. The lowest BCUT2D eigenvalue weighted by Crippen LogP contribution is -2.22. The van der Waals surface area contributed by atoms with Crippen LogP contribution >= 0.6 is 11.3 Å². The first-order valence-corrected chi connectivity index (χ1v) is 7.46. The van der Waals surface area contributed by atoms with E-state index in [9.17, 15) is 4.39 Å². The summed E-state index contributed by atoms with van der Waals surface area (Å²) in [5.74, 6) is -0.0955. The van der Waals surface area contributed by atoms with Crippen LogP contribution in [-0.4, -0.2) is 6.54 Å². The smallest absolute Gasteiger partial charge is 0.129 e. The number of nitrogens with one attached hydrogen (secondary N) is 1. The Labute approximate surface area is 118 Å². The Balaban J connectivity index is 2.48. The molecule has 0 aliphatic rings.